The number of para-hydroxylation sites is 1. The highest BCUT2D eigenvalue weighted by atomic mass is 19.4. The van der Waals surface area contributed by atoms with E-state index < -0.39 is 24.0 Å². The molecular weight excluding hydrogens is 297 g/mol. The van der Waals surface area contributed by atoms with E-state index in [4.69, 9.17) is 0 Å². The number of nitrogens with one attached hydrogen (secondary N) is 1. The van der Waals surface area contributed by atoms with Crippen LogP contribution in [0.1, 0.15) is 12.5 Å². The molecule has 1 aromatic rings. The van der Waals surface area contributed by atoms with Crippen molar-refractivity contribution in [1.29, 1.82) is 0 Å². The summed E-state index contributed by atoms with van der Waals surface area (Å²) >= 11 is 0. The Balaban J connectivity index is 2.30. The Morgan fingerprint density at radius 3 is 2.64 bits per heavy atom. The van der Waals surface area contributed by atoms with Crippen LogP contribution in [0.25, 0.3) is 0 Å². The predicted octanol–water partition coefficient (Wildman–Crippen LogP) is 1.65. The van der Waals surface area contributed by atoms with Crippen LogP contribution in [0.3, 0.4) is 0 Å². The van der Waals surface area contributed by atoms with Crippen LogP contribution in [0.2, 0.25) is 0 Å². The average Bonchev–Trinajstić information content (AvgIpc) is 2.45. The average molecular weight is 310 g/mol. The maximum absolute atomic E-state index is 12.7. The van der Waals surface area contributed by atoms with Gasteiger partial charge in [0.25, 0.3) is 5.91 Å². The molecule has 116 valence electrons. The topological polar surface area (TPSA) is 49.4 Å². The van der Waals surface area contributed by atoms with E-state index in [9.17, 15) is 22.8 Å². The molecule has 22 heavy (non-hydrogen) atoms. The minimum atomic E-state index is -4.97. The molecule has 4 nitrogen and oxygen atoms in total. The quantitative estimate of drug-likeness (QED) is 0.802. The molecule has 0 aliphatic carbocycles. The van der Waals surface area contributed by atoms with Crippen LogP contribution in [0.15, 0.2) is 24.3 Å². The van der Waals surface area contributed by atoms with Gasteiger partial charge >= 0.3 is 12.1 Å². The van der Waals surface area contributed by atoms with Crippen LogP contribution < -0.4 is 10.2 Å². The smallest absolute Gasteiger partial charge is 0.340 e. The van der Waals surface area contributed by atoms with E-state index in [1.165, 1.54) is 13.0 Å². The largest absolute Gasteiger partial charge is 0.471 e. The molecule has 0 saturated heterocycles. The van der Waals surface area contributed by atoms with Crippen molar-refractivity contribution in [2.24, 2.45) is 0 Å². The van der Waals surface area contributed by atoms with Crippen molar-refractivity contribution in [2.75, 3.05) is 11.4 Å². The summed E-state index contributed by atoms with van der Waals surface area (Å²) in [6.45, 7) is 1.24. The fourth-order valence-corrected chi connectivity index (χ4v) is 2.37. The number of halogens is 3. The molecule has 2 rings (SSSR count). The minimum Gasteiger partial charge on any atom is -0.340 e. The number of amides is 2. The van der Waals surface area contributed by atoms with Gasteiger partial charge < -0.3 is 10.2 Å². The molecular formula is C15H13F3N2O2. The number of anilines is 1. The van der Waals surface area contributed by atoms with E-state index in [1.54, 1.807) is 18.2 Å². The second-order valence-corrected chi connectivity index (χ2v) is 4.79. The first kappa shape index (κ1) is 15.9. The van der Waals surface area contributed by atoms with Crippen LogP contribution >= 0.6 is 0 Å². The molecule has 1 atom stereocenters. The zero-order valence-electron chi connectivity index (χ0n) is 11.7. The number of alkyl halides is 3. The van der Waals surface area contributed by atoms with Crippen molar-refractivity contribution in [1.82, 2.24) is 5.32 Å². The normalized spacial score (nSPS) is 17.1. The molecule has 7 heteroatoms. The van der Waals surface area contributed by atoms with Crippen LogP contribution in [0, 0.1) is 11.8 Å². The number of benzene rings is 1. The van der Waals surface area contributed by atoms with Gasteiger partial charge in [-0.15, -0.1) is 0 Å². The van der Waals surface area contributed by atoms with Crippen LogP contribution in [0.5, 0.6) is 0 Å². The fourth-order valence-electron chi connectivity index (χ4n) is 2.37. The summed E-state index contributed by atoms with van der Waals surface area (Å²) < 4.78 is 38.2. The first-order chi connectivity index (χ1) is 10.3. The maximum atomic E-state index is 12.7. The van der Waals surface area contributed by atoms with Crippen molar-refractivity contribution in [3.8, 4) is 11.8 Å². The fraction of sp³-hybridized carbons (Fsp3) is 0.333. The first-order valence-electron chi connectivity index (χ1n) is 6.52. The third-order valence-electron chi connectivity index (χ3n) is 3.21. The Labute approximate surface area is 125 Å². The molecule has 1 aliphatic rings. The summed E-state index contributed by atoms with van der Waals surface area (Å²) in [7, 11) is 0. The molecule has 2 amide bonds. The van der Waals surface area contributed by atoms with Crippen molar-refractivity contribution >= 4 is 17.5 Å². The van der Waals surface area contributed by atoms with E-state index in [1.807, 2.05) is 0 Å². The van der Waals surface area contributed by atoms with Crippen LogP contribution in [-0.4, -0.2) is 30.6 Å². The summed E-state index contributed by atoms with van der Waals surface area (Å²) in [5.41, 5.74) is 0.790. The van der Waals surface area contributed by atoms with Crippen LogP contribution in [-0.2, 0) is 16.0 Å². The van der Waals surface area contributed by atoms with Gasteiger partial charge in [0.05, 0.1) is 6.04 Å². The summed E-state index contributed by atoms with van der Waals surface area (Å²) in [6.07, 6.45) is -4.63. The van der Waals surface area contributed by atoms with Crippen molar-refractivity contribution < 1.29 is 22.8 Å². The molecule has 1 unspecified atom stereocenters. The number of nitrogens with zero attached hydrogens (tertiary/aromatic N) is 1. The molecule has 0 fully saturated rings. The van der Waals surface area contributed by atoms with Gasteiger partial charge in [0.1, 0.15) is 0 Å². The molecule has 0 aromatic heterocycles. The standard InChI is InChI=1S/C15H13F3N2O2/c1-2-5-13(21)19-11-8-10-6-3-4-7-12(10)20(9-11)14(22)15(16,17)18/h3-4,6-7,11H,8-9H2,1H3,(H,19,21). The lowest BCUT2D eigenvalue weighted by atomic mass is 9.97. The molecule has 0 spiro atoms. The van der Waals surface area contributed by atoms with Gasteiger partial charge in [-0.2, -0.15) is 13.2 Å². The number of carbonyl (C=O) groups is 2. The lowest BCUT2D eigenvalue weighted by molar-refractivity contribution is -0.170. The van der Waals surface area contributed by atoms with Crippen molar-refractivity contribution in [3.05, 3.63) is 29.8 Å². The van der Waals surface area contributed by atoms with Gasteiger partial charge in [-0.25, -0.2) is 0 Å². The lowest BCUT2D eigenvalue weighted by Crippen LogP contribution is -2.53. The predicted molar refractivity (Wildman–Crippen MR) is 73.9 cm³/mol. The molecule has 0 saturated carbocycles. The van der Waals surface area contributed by atoms with E-state index in [0.29, 0.717) is 16.9 Å². The number of hydrogen-bond donors (Lipinski definition) is 1. The van der Waals surface area contributed by atoms with Gasteiger partial charge in [-0.3, -0.25) is 9.59 Å². The van der Waals surface area contributed by atoms with Gasteiger partial charge in [0.15, 0.2) is 0 Å². The highest BCUT2D eigenvalue weighted by Gasteiger charge is 2.45. The molecule has 1 heterocycles. The summed E-state index contributed by atoms with van der Waals surface area (Å²) in [6, 6.07) is 5.72. The summed E-state index contributed by atoms with van der Waals surface area (Å²) in [5.74, 6) is 2.16. The summed E-state index contributed by atoms with van der Waals surface area (Å²) in [4.78, 5) is 23.7. The molecule has 1 N–H and O–H groups in total. The Morgan fingerprint density at radius 1 is 1.32 bits per heavy atom. The SMILES string of the molecule is CC#CC(=O)NC1Cc2ccccc2N(C(=O)C(F)(F)F)C1. The number of hydrogen-bond acceptors (Lipinski definition) is 2. The highest BCUT2D eigenvalue weighted by molar-refractivity contribution is 5.99. The molecule has 1 aromatic carbocycles. The van der Waals surface area contributed by atoms with Gasteiger partial charge in [0.2, 0.25) is 0 Å². The zero-order chi connectivity index (χ0) is 16.3. The van der Waals surface area contributed by atoms with E-state index in [-0.39, 0.29) is 12.2 Å². The Hall–Kier alpha value is -2.49. The number of carbonyl (C=O) groups excluding carboxylic acids is 2. The van der Waals surface area contributed by atoms with Crippen molar-refractivity contribution in [2.45, 2.75) is 25.6 Å². The Morgan fingerprint density at radius 2 is 2.00 bits per heavy atom. The van der Waals surface area contributed by atoms with Gasteiger partial charge in [-0.05, 0) is 30.9 Å². The van der Waals surface area contributed by atoms with Gasteiger partial charge in [-0.1, -0.05) is 24.1 Å². The third kappa shape index (κ3) is 3.39. The monoisotopic (exact) mass is 310 g/mol. The third-order valence-corrected chi connectivity index (χ3v) is 3.21. The maximum Gasteiger partial charge on any atom is 0.471 e. The minimum absolute atomic E-state index is 0.219. The van der Waals surface area contributed by atoms with Crippen molar-refractivity contribution in [3.63, 3.8) is 0 Å². The van der Waals surface area contributed by atoms with E-state index >= 15 is 0 Å². The number of rotatable bonds is 1. The Kier molecular flexibility index (Phi) is 4.40. The second kappa shape index (κ2) is 6.10. The molecule has 0 radical (unpaired) electrons. The molecule has 1 aliphatic heterocycles. The zero-order valence-corrected chi connectivity index (χ0v) is 11.7. The van der Waals surface area contributed by atoms with E-state index in [2.05, 4.69) is 17.2 Å². The van der Waals surface area contributed by atoms with Gasteiger partial charge in [0, 0.05) is 12.2 Å². The summed E-state index contributed by atoms with van der Waals surface area (Å²) in [5, 5.41) is 2.52. The van der Waals surface area contributed by atoms with E-state index in [0.717, 1.165) is 0 Å². The lowest BCUT2D eigenvalue weighted by Gasteiger charge is -2.34. The number of fused-ring (bicyclic) bond motifs is 1. The molecule has 0 bridgehead atoms. The second-order valence-electron chi connectivity index (χ2n) is 4.79. The van der Waals surface area contributed by atoms with Crippen LogP contribution in [0.4, 0.5) is 18.9 Å². The highest BCUT2D eigenvalue weighted by Crippen LogP contribution is 2.30. The first-order valence-corrected chi connectivity index (χ1v) is 6.52. The Bertz CT molecular complexity index is 659.